The maximum Gasteiger partial charge on any atom is 0.276 e. The van der Waals surface area contributed by atoms with Crippen LogP contribution in [-0.4, -0.2) is 30.8 Å². The van der Waals surface area contributed by atoms with Crippen LogP contribution in [0.2, 0.25) is 5.02 Å². The van der Waals surface area contributed by atoms with E-state index in [1.807, 2.05) is 36.4 Å². The molecule has 0 saturated carbocycles. The number of amides is 2. The van der Waals surface area contributed by atoms with Crippen LogP contribution in [0.5, 0.6) is 0 Å². The lowest BCUT2D eigenvalue weighted by Gasteiger charge is -2.19. The fraction of sp³-hybridized carbons (Fsp3) is 0.0357. The molecular formula is C28H16ClFN6O2S. The molecule has 3 aromatic carbocycles. The third kappa shape index (κ3) is 3.92. The highest BCUT2D eigenvalue weighted by molar-refractivity contribution is 7.13. The van der Waals surface area contributed by atoms with Gasteiger partial charge < -0.3 is 10.6 Å². The number of benzene rings is 3. The van der Waals surface area contributed by atoms with Crippen molar-refractivity contribution in [3.05, 3.63) is 112 Å². The third-order valence-electron chi connectivity index (χ3n) is 6.71. The maximum absolute atomic E-state index is 14.2. The first-order valence-corrected chi connectivity index (χ1v) is 13.0. The second-order valence-electron chi connectivity index (χ2n) is 9.02. The molecule has 1 aliphatic rings. The molecule has 11 heteroatoms. The van der Waals surface area contributed by atoms with Crippen molar-refractivity contribution < 1.29 is 14.0 Å². The zero-order valence-corrected chi connectivity index (χ0v) is 21.4. The molecule has 4 heterocycles. The Morgan fingerprint density at radius 2 is 1.95 bits per heavy atom. The Balaban J connectivity index is 1.40. The fourth-order valence-electron chi connectivity index (χ4n) is 4.89. The summed E-state index contributed by atoms with van der Waals surface area (Å²) in [6.07, 6.45) is 3.24. The molecule has 1 atom stereocenters. The van der Waals surface area contributed by atoms with Gasteiger partial charge in [0.25, 0.3) is 11.8 Å². The predicted molar refractivity (Wildman–Crippen MR) is 147 cm³/mol. The lowest BCUT2D eigenvalue weighted by molar-refractivity contribution is 0.0959. The number of hydrogen-bond acceptors (Lipinski definition) is 6. The molecule has 6 aromatic rings. The van der Waals surface area contributed by atoms with Gasteiger partial charge in [0.1, 0.15) is 17.8 Å². The largest absolute Gasteiger partial charge is 0.341 e. The summed E-state index contributed by atoms with van der Waals surface area (Å²) in [6.45, 7) is 0. The number of nitrogens with zero attached hydrogens (tertiary/aromatic N) is 4. The molecule has 7 rings (SSSR count). The summed E-state index contributed by atoms with van der Waals surface area (Å²) in [4.78, 5) is 31.0. The van der Waals surface area contributed by atoms with Crippen LogP contribution >= 0.6 is 23.1 Å². The van der Waals surface area contributed by atoms with E-state index >= 15 is 0 Å². The summed E-state index contributed by atoms with van der Waals surface area (Å²) < 4.78 is 21.1. The standard InChI is InChI=1S/C28H16ClFN6O2S/c29-20-7-6-16(30)11-18(20)25-24-19(27(37)34-25)9-15(14-5-8-23-31-13-32-36(23)12-14)10-21(24)33-28(38)26-17-3-1-2-4-22(17)39-35-26/h1-13,25H,(H,33,38)(H,34,37)/t25-/m0/s1. The molecule has 0 aliphatic carbocycles. The SMILES string of the molecule is O=C1N[C@@H](c2cc(F)ccc2Cl)c2c(NC(=O)c3nsc4ccccc34)cc(-c3ccc4ncnn4c3)cc21. The molecule has 0 saturated heterocycles. The number of fused-ring (bicyclic) bond motifs is 3. The van der Waals surface area contributed by atoms with E-state index in [9.17, 15) is 14.0 Å². The average Bonchev–Trinajstić information content (AvgIpc) is 3.67. The molecular weight excluding hydrogens is 539 g/mol. The van der Waals surface area contributed by atoms with E-state index in [0.717, 1.165) is 15.6 Å². The Bertz CT molecular complexity index is 1970. The van der Waals surface area contributed by atoms with Gasteiger partial charge in [-0.15, -0.1) is 0 Å². The van der Waals surface area contributed by atoms with Gasteiger partial charge in [0.05, 0.1) is 10.7 Å². The van der Waals surface area contributed by atoms with Gasteiger partial charge in [-0.3, -0.25) is 9.59 Å². The monoisotopic (exact) mass is 554 g/mol. The topological polar surface area (TPSA) is 101 Å². The van der Waals surface area contributed by atoms with E-state index in [0.29, 0.717) is 33.6 Å². The van der Waals surface area contributed by atoms with Crippen molar-refractivity contribution in [3.63, 3.8) is 0 Å². The highest BCUT2D eigenvalue weighted by Gasteiger charge is 2.35. The minimum absolute atomic E-state index is 0.274. The normalized spacial score (nSPS) is 14.5. The van der Waals surface area contributed by atoms with Crippen LogP contribution in [0.15, 0.2) is 79.3 Å². The molecule has 190 valence electrons. The van der Waals surface area contributed by atoms with Gasteiger partial charge in [-0.25, -0.2) is 13.9 Å². The first-order chi connectivity index (χ1) is 19.0. The molecule has 3 aromatic heterocycles. The van der Waals surface area contributed by atoms with E-state index < -0.39 is 17.8 Å². The minimum atomic E-state index is -0.773. The van der Waals surface area contributed by atoms with E-state index in [-0.39, 0.29) is 16.6 Å². The molecule has 0 unspecified atom stereocenters. The summed E-state index contributed by atoms with van der Waals surface area (Å²) in [6, 6.07) is 17.9. The van der Waals surface area contributed by atoms with E-state index in [1.165, 1.54) is 36.1 Å². The van der Waals surface area contributed by atoms with Gasteiger partial charge in [0.2, 0.25) is 0 Å². The number of halogens is 2. The van der Waals surface area contributed by atoms with Crippen LogP contribution in [0, 0.1) is 5.82 Å². The first kappa shape index (κ1) is 23.4. The molecule has 8 nitrogen and oxygen atoms in total. The molecule has 39 heavy (non-hydrogen) atoms. The summed E-state index contributed by atoms with van der Waals surface area (Å²) in [5.41, 5.74) is 3.97. The van der Waals surface area contributed by atoms with Crippen LogP contribution in [0.4, 0.5) is 10.1 Å². The molecule has 0 fully saturated rings. The second kappa shape index (κ2) is 8.97. The van der Waals surface area contributed by atoms with Gasteiger partial charge in [-0.2, -0.15) is 9.47 Å². The smallest absolute Gasteiger partial charge is 0.276 e. The lowest BCUT2D eigenvalue weighted by atomic mass is 9.93. The van der Waals surface area contributed by atoms with Crippen molar-refractivity contribution in [2.24, 2.45) is 0 Å². The number of nitrogens with one attached hydrogen (secondary N) is 2. The first-order valence-electron chi connectivity index (χ1n) is 11.9. The zero-order chi connectivity index (χ0) is 26.7. The van der Waals surface area contributed by atoms with E-state index in [4.69, 9.17) is 11.6 Å². The molecule has 0 spiro atoms. The summed E-state index contributed by atoms with van der Waals surface area (Å²) in [5, 5.41) is 11.1. The fourth-order valence-corrected chi connectivity index (χ4v) is 5.89. The van der Waals surface area contributed by atoms with Crippen LogP contribution in [0.25, 0.3) is 26.9 Å². The number of carbonyl (C=O) groups is 2. The Labute approximate surface area is 229 Å². The van der Waals surface area contributed by atoms with Crippen LogP contribution in [0.3, 0.4) is 0 Å². The van der Waals surface area contributed by atoms with Crippen molar-refractivity contribution in [2.75, 3.05) is 5.32 Å². The van der Waals surface area contributed by atoms with Crippen molar-refractivity contribution in [3.8, 4) is 11.1 Å². The Morgan fingerprint density at radius 3 is 2.85 bits per heavy atom. The van der Waals surface area contributed by atoms with Crippen molar-refractivity contribution in [2.45, 2.75) is 6.04 Å². The van der Waals surface area contributed by atoms with Gasteiger partial charge in [0, 0.05) is 44.5 Å². The van der Waals surface area contributed by atoms with Crippen LogP contribution < -0.4 is 10.6 Å². The van der Waals surface area contributed by atoms with Crippen molar-refractivity contribution >= 4 is 56.4 Å². The number of hydrogen-bond donors (Lipinski definition) is 2. The average molecular weight is 555 g/mol. The molecule has 2 N–H and O–H groups in total. The zero-order valence-electron chi connectivity index (χ0n) is 19.9. The number of carbonyl (C=O) groups excluding carboxylic acids is 2. The van der Waals surface area contributed by atoms with Crippen molar-refractivity contribution in [1.82, 2.24) is 24.3 Å². The van der Waals surface area contributed by atoms with Gasteiger partial charge in [-0.05, 0) is 65.6 Å². The quantitative estimate of drug-likeness (QED) is 0.283. The highest BCUT2D eigenvalue weighted by Crippen LogP contribution is 2.42. The van der Waals surface area contributed by atoms with Gasteiger partial charge in [-0.1, -0.05) is 29.8 Å². The predicted octanol–water partition coefficient (Wildman–Crippen LogP) is 5.88. The third-order valence-corrected chi connectivity index (χ3v) is 7.88. The number of anilines is 1. The number of rotatable bonds is 4. The van der Waals surface area contributed by atoms with Crippen LogP contribution in [-0.2, 0) is 0 Å². The molecule has 1 aliphatic heterocycles. The van der Waals surface area contributed by atoms with E-state index in [1.54, 1.807) is 22.8 Å². The molecule has 0 radical (unpaired) electrons. The van der Waals surface area contributed by atoms with Crippen molar-refractivity contribution in [1.29, 1.82) is 0 Å². The molecule has 0 bridgehead atoms. The number of aromatic nitrogens is 4. The summed E-state index contributed by atoms with van der Waals surface area (Å²) >= 11 is 7.67. The summed E-state index contributed by atoms with van der Waals surface area (Å²) in [7, 11) is 0. The van der Waals surface area contributed by atoms with E-state index in [2.05, 4.69) is 25.1 Å². The molecule has 2 amide bonds. The van der Waals surface area contributed by atoms with Crippen LogP contribution in [0.1, 0.15) is 38.0 Å². The second-order valence-corrected chi connectivity index (χ2v) is 10.2. The Hall–Kier alpha value is -4.67. The maximum atomic E-state index is 14.2. The highest BCUT2D eigenvalue weighted by atomic mass is 35.5. The Morgan fingerprint density at radius 1 is 1.08 bits per heavy atom. The lowest BCUT2D eigenvalue weighted by Crippen LogP contribution is -2.21. The Kier molecular flexibility index (Phi) is 5.39. The van der Waals surface area contributed by atoms with Gasteiger partial charge >= 0.3 is 0 Å². The number of pyridine rings is 1. The minimum Gasteiger partial charge on any atom is -0.341 e. The summed E-state index contributed by atoms with van der Waals surface area (Å²) in [5.74, 6) is -1.29. The van der Waals surface area contributed by atoms with Gasteiger partial charge in [0.15, 0.2) is 5.65 Å².